The highest BCUT2D eigenvalue weighted by Crippen LogP contribution is 2.29. The van der Waals surface area contributed by atoms with Gasteiger partial charge in [-0.15, -0.1) is 0 Å². The van der Waals surface area contributed by atoms with Crippen LogP contribution in [0.2, 0.25) is 0 Å². The molecule has 1 saturated carbocycles. The van der Waals surface area contributed by atoms with Crippen molar-refractivity contribution in [2.75, 3.05) is 39.3 Å². The Kier molecular flexibility index (Phi) is 6.58. The number of aliphatic imine (C=N–C) groups is 1. The molecule has 2 fully saturated rings. The zero-order valence-electron chi connectivity index (χ0n) is 16.1. The second-order valence-corrected chi connectivity index (χ2v) is 7.47. The summed E-state index contributed by atoms with van der Waals surface area (Å²) in [6.45, 7) is 9.25. The molecule has 1 aliphatic heterocycles. The van der Waals surface area contributed by atoms with Gasteiger partial charge in [-0.05, 0) is 37.3 Å². The first-order valence-electron chi connectivity index (χ1n) is 10.0. The van der Waals surface area contributed by atoms with Gasteiger partial charge in [0.2, 0.25) is 0 Å². The number of rotatable bonds is 4. The largest absolute Gasteiger partial charge is 0.459 e. The van der Waals surface area contributed by atoms with Crippen molar-refractivity contribution in [2.45, 2.75) is 39.5 Å². The van der Waals surface area contributed by atoms with Gasteiger partial charge in [-0.25, -0.2) is 0 Å². The fraction of sp³-hybridized carbons (Fsp3) is 0.700. The lowest BCUT2D eigenvalue weighted by molar-refractivity contribution is 0.0657. The Bertz CT molecular complexity index is 591. The summed E-state index contributed by atoms with van der Waals surface area (Å²) in [6.07, 6.45) is 6.90. The number of hydrogen-bond acceptors (Lipinski definition) is 3. The Morgan fingerprint density at radius 3 is 2.62 bits per heavy atom. The first kappa shape index (κ1) is 18.8. The lowest BCUT2D eigenvalue weighted by Gasteiger charge is -2.36. The zero-order chi connectivity index (χ0) is 18.4. The predicted molar refractivity (Wildman–Crippen MR) is 103 cm³/mol. The number of piperazine rings is 1. The van der Waals surface area contributed by atoms with Crippen LogP contribution in [0.25, 0.3) is 0 Å². The standard InChI is InChI=1S/C20H32N4O2/c1-3-21-20(22-15-17-8-5-4-7-16(17)2)24-12-10-23(11-13-24)19(25)18-9-6-14-26-18/h6,9,14,16-17H,3-5,7-8,10-13,15H2,1-2H3,(H,21,22). The molecule has 6 heteroatoms. The summed E-state index contributed by atoms with van der Waals surface area (Å²) < 4.78 is 5.24. The number of carbonyl (C=O) groups is 1. The molecule has 1 aromatic heterocycles. The van der Waals surface area contributed by atoms with Gasteiger partial charge in [0.05, 0.1) is 6.26 Å². The molecule has 1 saturated heterocycles. The Labute approximate surface area is 156 Å². The summed E-state index contributed by atoms with van der Waals surface area (Å²) in [5.41, 5.74) is 0. The maximum Gasteiger partial charge on any atom is 0.289 e. The van der Waals surface area contributed by atoms with Gasteiger partial charge in [0.1, 0.15) is 0 Å². The van der Waals surface area contributed by atoms with Crippen LogP contribution in [0.3, 0.4) is 0 Å². The zero-order valence-corrected chi connectivity index (χ0v) is 16.1. The molecule has 2 heterocycles. The van der Waals surface area contributed by atoms with Crippen LogP contribution in [0.5, 0.6) is 0 Å². The highest BCUT2D eigenvalue weighted by atomic mass is 16.3. The molecule has 1 aromatic rings. The maximum absolute atomic E-state index is 12.4. The van der Waals surface area contributed by atoms with E-state index < -0.39 is 0 Å². The van der Waals surface area contributed by atoms with E-state index in [1.807, 2.05) is 4.90 Å². The van der Waals surface area contributed by atoms with Crippen molar-refractivity contribution in [2.24, 2.45) is 16.8 Å². The van der Waals surface area contributed by atoms with E-state index in [2.05, 4.69) is 24.1 Å². The molecule has 26 heavy (non-hydrogen) atoms. The molecule has 0 spiro atoms. The Hall–Kier alpha value is -1.98. The number of nitrogens with one attached hydrogen (secondary N) is 1. The highest BCUT2D eigenvalue weighted by Gasteiger charge is 2.26. The van der Waals surface area contributed by atoms with E-state index in [1.54, 1.807) is 18.4 Å². The van der Waals surface area contributed by atoms with E-state index in [4.69, 9.17) is 9.41 Å². The third-order valence-electron chi connectivity index (χ3n) is 5.70. The minimum Gasteiger partial charge on any atom is -0.459 e. The minimum absolute atomic E-state index is 0.0207. The Morgan fingerprint density at radius 2 is 1.96 bits per heavy atom. The van der Waals surface area contributed by atoms with Crippen molar-refractivity contribution in [1.82, 2.24) is 15.1 Å². The first-order valence-corrected chi connectivity index (χ1v) is 10.0. The number of amides is 1. The van der Waals surface area contributed by atoms with Crippen molar-refractivity contribution in [1.29, 1.82) is 0 Å². The van der Waals surface area contributed by atoms with Crippen LogP contribution in [0.15, 0.2) is 27.8 Å². The molecule has 2 unspecified atom stereocenters. The molecular weight excluding hydrogens is 328 g/mol. The van der Waals surface area contributed by atoms with Gasteiger partial charge in [-0.2, -0.15) is 0 Å². The molecule has 1 amide bonds. The average Bonchev–Trinajstić information content (AvgIpc) is 3.21. The van der Waals surface area contributed by atoms with Gasteiger partial charge in [-0.1, -0.05) is 26.2 Å². The second kappa shape index (κ2) is 9.10. The molecule has 0 bridgehead atoms. The Balaban J connectivity index is 1.55. The smallest absolute Gasteiger partial charge is 0.289 e. The maximum atomic E-state index is 12.4. The van der Waals surface area contributed by atoms with E-state index in [0.717, 1.165) is 38.1 Å². The summed E-state index contributed by atoms with van der Waals surface area (Å²) >= 11 is 0. The lowest BCUT2D eigenvalue weighted by atomic mass is 9.80. The lowest BCUT2D eigenvalue weighted by Crippen LogP contribution is -2.53. The van der Waals surface area contributed by atoms with E-state index in [0.29, 0.717) is 24.8 Å². The minimum atomic E-state index is -0.0207. The number of guanidine groups is 1. The molecule has 0 radical (unpaired) electrons. The number of furan rings is 1. The normalized spacial score (nSPS) is 24.6. The second-order valence-electron chi connectivity index (χ2n) is 7.47. The number of hydrogen-bond donors (Lipinski definition) is 1. The SMILES string of the molecule is CCNC(=NCC1CCCCC1C)N1CCN(C(=O)c2ccco2)CC1. The van der Waals surface area contributed by atoms with Gasteiger partial charge in [0.25, 0.3) is 5.91 Å². The van der Waals surface area contributed by atoms with Crippen molar-refractivity contribution in [3.05, 3.63) is 24.2 Å². The van der Waals surface area contributed by atoms with Gasteiger partial charge < -0.3 is 19.5 Å². The van der Waals surface area contributed by atoms with E-state index >= 15 is 0 Å². The van der Waals surface area contributed by atoms with Crippen LogP contribution in [-0.4, -0.2) is 60.9 Å². The molecule has 2 aliphatic rings. The molecule has 2 atom stereocenters. The third kappa shape index (κ3) is 4.59. The van der Waals surface area contributed by atoms with Gasteiger partial charge in [0.15, 0.2) is 11.7 Å². The van der Waals surface area contributed by atoms with Crippen LogP contribution in [0.1, 0.15) is 50.1 Å². The molecule has 3 rings (SSSR count). The van der Waals surface area contributed by atoms with Crippen molar-refractivity contribution >= 4 is 11.9 Å². The highest BCUT2D eigenvalue weighted by molar-refractivity contribution is 5.91. The predicted octanol–water partition coefficient (Wildman–Crippen LogP) is 2.83. The average molecular weight is 361 g/mol. The topological polar surface area (TPSA) is 61.1 Å². The van der Waals surface area contributed by atoms with Crippen LogP contribution < -0.4 is 5.32 Å². The fourth-order valence-corrected chi connectivity index (χ4v) is 3.97. The van der Waals surface area contributed by atoms with E-state index in [9.17, 15) is 4.79 Å². The first-order chi connectivity index (χ1) is 12.7. The van der Waals surface area contributed by atoms with Crippen molar-refractivity contribution in [3.8, 4) is 0 Å². The van der Waals surface area contributed by atoms with Crippen LogP contribution in [0, 0.1) is 11.8 Å². The van der Waals surface area contributed by atoms with E-state index in [-0.39, 0.29) is 5.91 Å². The van der Waals surface area contributed by atoms with Gasteiger partial charge in [0, 0.05) is 39.3 Å². The molecule has 144 valence electrons. The molecular formula is C20H32N4O2. The summed E-state index contributed by atoms with van der Waals surface area (Å²) in [5.74, 6) is 2.88. The van der Waals surface area contributed by atoms with Gasteiger partial charge in [-0.3, -0.25) is 9.79 Å². The monoisotopic (exact) mass is 360 g/mol. The number of nitrogens with zero attached hydrogens (tertiary/aromatic N) is 3. The molecule has 0 aromatic carbocycles. The molecule has 1 N–H and O–H groups in total. The van der Waals surface area contributed by atoms with Crippen LogP contribution >= 0.6 is 0 Å². The fourth-order valence-electron chi connectivity index (χ4n) is 3.97. The molecule has 1 aliphatic carbocycles. The summed E-state index contributed by atoms with van der Waals surface area (Å²) in [7, 11) is 0. The summed E-state index contributed by atoms with van der Waals surface area (Å²) in [6, 6.07) is 3.48. The van der Waals surface area contributed by atoms with E-state index in [1.165, 1.54) is 25.7 Å². The van der Waals surface area contributed by atoms with Crippen LogP contribution in [0.4, 0.5) is 0 Å². The van der Waals surface area contributed by atoms with Gasteiger partial charge >= 0.3 is 0 Å². The Morgan fingerprint density at radius 1 is 1.23 bits per heavy atom. The number of carbonyl (C=O) groups excluding carboxylic acids is 1. The quantitative estimate of drug-likeness (QED) is 0.662. The summed E-state index contributed by atoms with van der Waals surface area (Å²) in [4.78, 5) is 21.5. The van der Waals surface area contributed by atoms with Crippen molar-refractivity contribution < 1.29 is 9.21 Å². The third-order valence-corrected chi connectivity index (χ3v) is 5.70. The van der Waals surface area contributed by atoms with Crippen molar-refractivity contribution in [3.63, 3.8) is 0 Å². The summed E-state index contributed by atoms with van der Waals surface area (Å²) in [5, 5.41) is 3.43. The molecule has 6 nitrogen and oxygen atoms in total. The van der Waals surface area contributed by atoms with Crippen LogP contribution in [-0.2, 0) is 0 Å².